The SMILES string of the molecule is CC(C)(c1cc(-c2cccc(-c3cc(C(O)(C(F)(F)F)C(F)(F)F)c[n+]([O-])c3)c2)c2ncccc2c1)S(C)(=O)=O. The van der Waals surface area contributed by atoms with Gasteiger partial charge in [-0.25, -0.2) is 8.42 Å². The van der Waals surface area contributed by atoms with Crippen molar-refractivity contribution < 1.29 is 44.6 Å². The Kier molecular flexibility index (Phi) is 6.91. The van der Waals surface area contributed by atoms with Gasteiger partial charge in [0.1, 0.15) is 0 Å². The molecule has 0 spiro atoms. The molecule has 0 atom stereocenters. The molecule has 0 saturated carbocycles. The minimum atomic E-state index is -6.17. The largest absolute Gasteiger partial charge is 0.619 e. The zero-order valence-electron chi connectivity index (χ0n) is 21.2. The van der Waals surface area contributed by atoms with Gasteiger partial charge in [-0.15, -0.1) is 0 Å². The van der Waals surface area contributed by atoms with E-state index in [2.05, 4.69) is 4.98 Å². The molecule has 4 rings (SSSR count). The summed E-state index contributed by atoms with van der Waals surface area (Å²) in [6, 6.07) is 13.0. The first-order valence-electron chi connectivity index (χ1n) is 11.6. The van der Waals surface area contributed by atoms with Gasteiger partial charge in [-0.1, -0.05) is 24.3 Å². The fraction of sp³-hybridized carbons (Fsp3) is 0.259. The lowest BCUT2D eigenvalue weighted by Crippen LogP contribution is -2.54. The molecule has 212 valence electrons. The van der Waals surface area contributed by atoms with Gasteiger partial charge < -0.3 is 10.3 Å². The van der Waals surface area contributed by atoms with E-state index in [1.165, 1.54) is 38.2 Å². The average Bonchev–Trinajstić information content (AvgIpc) is 2.85. The number of aliphatic hydroxyl groups is 1. The summed E-state index contributed by atoms with van der Waals surface area (Å²) in [5.41, 5.74) is -5.52. The molecule has 0 aliphatic heterocycles. The van der Waals surface area contributed by atoms with Crippen LogP contribution in [-0.2, 0) is 20.2 Å². The van der Waals surface area contributed by atoms with Crippen molar-refractivity contribution in [3.05, 3.63) is 89.5 Å². The van der Waals surface area contributed by atoms with Crippen molar-refractivity contribution in [3.63, 3.8) is 0 Å². The topological polar surface area (TPSA) is 94.2 Å². The van der Waals surface area contributed by atoms with Crippen molar-refractivity contribution in [2.45, 2.75) is 36.5 Å². The number of fused-ring (bicyclic) bond motifs is 1. The summed E-state index contributed by atoms with van der Waals surface area (Å²) in [4.78, 5) is 4.37. The monoisotopic (exact) mass is 584 g/mol. The van der Waals surface area contributed by atoms with E-state index < -0.39 is 38.1 Å². The Morgan fingerprint density at radius 3 is 2.05 bits per heavy atom. The van der Waals surface area contributed by atoms with E-state index in [0.717, 1.165) is 12.5 Å². The second-order valence-corrected chi connectivity index (χ2v) is 12.4. The molecule has 0 aliphatic rings. The Bertz CT molecular complexity index is 1700. The van der Waals surface area contributed by atoms with Crippen LogP contribution in [0.1, 0.15) is 25.0 Å². The van der Waals surface area contributed by atoms with Crippen molar-refractivity contribution in [1.82, 2.24) is 4.98 Å². The van der Waals surface area contributed by atoms with E-state index in [0.29, 0.717) is 33.7 Å². The lowest BCUT2D eigenvalue weighted by molar-refractivity contribution is -0.606. The molecule has 1 N–H and O–H groups in total. The van der Waals surface area contributed by atoms with Gasteiger partial charge in [0.25, 0.3) is 5.60 Å². The maximum absolute atomic E-state index is 13.5. The molecule has 0 amide bonds. The lowest BCUT2D eigenvalue weighted by Gasteiger charge is -2.32. The zero-order valence-corrected chi connectivity index (χ0v) is 22.0. The number of hydrogen-bond donors (Lipinski definition) is 1. The Morgan fingerprint density at radius 2 is 1.45 bits per heavy atom. The van der Waals surface area contributed by atoms with E-state index in [9.17, 15) is 45.1 Å². The van der Waals surface area contributed by atoms with Crippen LogP contribution in [0.25, 0.3) is 33.2 Å². The average molecular weight is 585 g/mol. The van der Waals surface area contributed by atoms with E-state index in [-0.39, 0.29) is 22.1 Å². The molecule has 40 heavy (non-hydrogen) atoms. The second-order valence-electron chi connectivity index (χ2n) is 9.84. The van der Waals surface area contributed by atoms with Crippen LogP contribution < -0.4 is 4.73 Å². The van der Waals surface area contributed by atoms with E-state index in [4.69, 9.17) is 0 Å². The number of pyridine rings is 2. The molecule has 6 nitrogen and oxygen atoms in total. The summed E-state index contributed by atoms with van der Waals surface area (Å²) in [5, 5.41) is 22.6. The maximum Gasteiger partial charge on any atom is 0.430 e. The van der Waals surface area contributed by atoms with Crippen molar-refractivity contribution in [2.24, 2.45) is 0 Å². The Hall–Kier alpha value is -3.71. The summed E-state index contributed by atoms with van der Waals surface area (Å²) >= 11 is 0. The highest BCUT2D eigenvalue weighted by atomic mass is 32.2. The molecule has 2 heterocycles. The number of rotatable bonds is 5. The molecule has 4 aromatic rings. The Morgan fingerprint density at radius 1 is 0.825 bits per heavy atom. The summed E-state index contributed by atoms with van der Waals surface area (Å²) in [6.45, 7) is 3.06. The third-order valence-corrected chi connectivity index (χ3v) is 9.01. The lowest BCUT2D eigenvalue weighted by atomic mass is 9.90. The van der Waals surface area contributed by atoms with Crippen molar-refractivity contribution >= 4 is 20.7 Å². The number of benzene rings is 2. The van der Waals surface area contributed by atoms with Crippen LogP contribution in [0.2, 0.25) is 0 Å². The zero-order chi connectivity index (χ0) is 29.9. The van der Waals surface area contributed by atoms with Crippen LogP contribution in [0.4, 0.5) is 26.3 Å². The van der Waals surface area contributed by atoms with Crippen LogP contribution in [0.5, 0.6) is 0 Å². The van der Waals surface area contributed by atoms with Gasteiger partial charge in [0.05, 0.1) is 15.8 Å². The highest BCUT2D eigenvalue weighted by Gasteiger charge is 2.72. The van der Waals surface area contributed by atoms with Gasteiger partial charge in [0, 0.05) is 29.0 Å². The van der Waals surface area contributed by atoms with Crippen molar-refractivity contribution in [3.8, 4) is 22.3 Å². The van der Waals surface area contributed by atoms with Gasteiger partial charge in [0.15, 0.2) is 22.2 Å². The molecular formula is C27H22F6N2O4S. The summed E-state index contributed by atoms with van der Waals surface area (Å²) in [5.74, 6) is 0. The molecule has 0 aliphatic carbocycles. The van der Waals surface area contributed by atoms with Crippen LogP contribution in [0.15, 0.2) is 73.2 Å². The van der Waals surface area contributed by atoms with Gasteiger partial charge in [0.2, 0.25) is 0 Å². The first-order chi connectivity index (χ1) is 18.3. The molecule has 2 aromatic heterocycles. The highest BCUT2D eigenvalue weighted by Crippen LogP contribution is 2.50. The van der Waals surface area contributed by atoms with Gasteiger partial charge in [-0.2, -0.15) is 31.1 Å². The molecular weight excluding hydrogens is 562 g/mol. The number of aromatic nitrogens is 2. The molecule has 0 radical (unpaired) electrons. The summed E-state index contributed by atoms with van der Waals surface area (Å²) in [6.07, 6.45) is -8.95. The highest BCUT2D eigenvalue weighted by molar-refractivity contribution is 7.91. The first kappa shape index (κ1) is 29.3. The normalized spacial score (nSPS) is 13.6. The third kappa shape index (κ3) is 4.87. The first-order valence-corrected chi connectivity index (χ1v) is 13.5. The molecule has 0 bridgehead atoms. The Labute approximate surface area is 225 Å². The van der Waals surface area contributed by atoms with Gasteiger partial charge >= 0.3 is 12.4 Å². The molecule has 2 aromatic carbocycles. The summed E-state index contributed by atoms with van der Waals surface area (Å²) in [7, 11) is -3.59. The minimum Gasteiger partial charge on any atom is -0.619 e. The number of halogens is 6. The molecule has 0 fully saturated rings. The van der Waals surface area contributed by atoms with Gasteiger partial charge in [-0.05, 0) is 60.9 Å². The van der Waals surface area contributed by atoms with E-state index in [1.807, 2.05) is 0 Å². The molecule has 0 unspecified atom stereocenters. The minimum absolute atomic E-state index is 0.0164. The van der Waals surface area contributed by atoms with Crippen LogP contribution in [0.3, 0.4) is 0 Å². The predicted octanol–water partition coefficient (Wildman–Crippen LogP) is 5.79. The fourth-order valence-electron chi connectivity index (χ4n) is 4.24. The number of nitrogens with zero attached hydrogens (tertiary/aromatic N) is 2. The second kappa shape index (κ2) is 9.44. The smallest absolute Gasteiger partial charge is 0.430 e. The van der Waals surface area contributed by atoms with E-state index >= 15 is 0 Å². The third-order valence-electron chi connectivity index (χ3n) is 6.92. The Balaban J connectivity index is 1.94. The summed E-state index contributed by atoms with van der Waals surface area (Å²) < 4.78 is 104. The fourth-order valence-corrected chi connectivity index (χ4v) is 4.78. The quantitative estimate of drug-likeness (QED) is 0.182. The van der Waals surface area contributed by atoms with Gasteiger partial charge in [-0.3, -0.25) is 4.98 Å². The number of hydrogen-bond acceptors (Lipinski definition) is 5. The van der Waals surface area contributed by atoms with Crippen molar-refractivity contribution in [1.29, 1.82) is 0 Å². The van der Waals surface area contributed by atoms with Crippen LogP contribution >= 0.6 is 0 Å². The standard InChI is InChI=1S/C27H22F6N2O4S/c1-24(2,40(3,38)39)20-11-18-8-5-9-34-23(18)22(13-20)17-7-4-6-16(10-17)19-12-21(15-35(37)14-19)25(36,26(28,29)30)27(31,32)33/h4-15,36H,1-3H3. The molecule has 13 heteroatoms. The maximum atomic E-state index is 13.5. The van der Waals surface area contributed by atoms with Crippen LogP contribution in [0, 0.1) is 5.21 Å². The molecule has 0 saturated heterocycles. The number of sulfone groups is 1. The van der Waals surface area contributed by atoms with Crippen LogP contribution in [-0.4, -0.2) is 37.1 Å². The number of alkyl halides is 6. The van der Waals surface area contributed by atoms with E-state index in [1.54, 1.807) is 30.3 Å². The predicted molar refractivity (Wildman–Crippen MR) is 135 cm³/mol. The van der Waals surface area contributed by atoms with Crippen molar-refractivity contribution in [2.75, 3.05) is 6.26 Å².